The van der Waals surface area contributed by atoms with Crippen LogP contribution in [0, 0.1) is 13.8 Å². The molecular formula is C19H26N2. The Morgan fingerprint density at radius 3 is 2.62 bits per heavy atom. The minimum Gasteiger partial charge on any atom is -0.324 e. The lowest BCUT2D eigenvalue weighted by molar-refractivity contribution is 0.794. The minimum atomic E-state index is 0.909. The molecule has 0 unspecified atom stereocenters. The Bertz CT molecular complexity index is 683. The fourth-order valence-corrected chi connectivity index (χ4v) is 2.57. The minimum absolute atomic E-state index is 0.909. The molecule has 0 bridgehead atoms. The van der Waals surface area contributed by atoms with Gasteiger partial charge in [0.1, 0.15) is 5.82 Å². The number of benzene rings is 1. The highest BCUT2D eigenvalue weighted by Crippen LogP contribution is 2.19. The summed E-state index contributed by atoms with van der Waals surface area (Å²) in [6.07, 6.45) is 6.90. The van der Waals surface area contributed by atoms with Gasteiger partial charge in [0, 0.05) is 6.54 Å². The maximum absolute atomic E-state index is 4.70. The van der Waals surface area contributed by atoms with Gasteiger partial charge in [0.15, 0.2) is 0 Å². The Morgan fingerprint density at radius 2 is 1.90 bits per heavy atom. The Balaban J connectivity index is 2.15. The number of aryl methyl sites for hydroxylation is 2. The molecule has 2 heteroatoms. The zero-order chi connectivity index (χ0) is 15.4. The number of hydrogen-bond donors (Lipinski definition) is 0. The predicted octanol–water partition coefficient (Wildman–Crippen LogP) is 5.35. The molecule has 1 aromatic carbocycles. The van der Waals surface area contributed by atoms with E-state index in [0.29, 0.717) is 0 Å². The molecule has 2 rings (SSSR count). The van der Waals surface area contributed by atoms with Crippen LogP contribution < -0.4 is 0 Å². The van der Waals surface area contributed by atoms with Crippen LogP contribution in [0.1, 0.15) is 45.0 Å². The normalized spacial score (nSPS) is 12.0. The standard InChI is InChI=1S/C19H26N2/c1-14(2)8-6-9-15(3)12-13-21-17(5)20-19-16(4)10-7-11-18(19)21/h7-8,10-12H,6,9,13H2,1-5H3. The zero-order valence-electron chi connectivity index (χ0n) is 13.9. The van der Waals surface area contributed by atoms with Crippen molar-refractivity contribution in [3.63, 3.8) is 0 Å². The first-order chi connectivity index (χ1) is 9.99. The Hall–Kier alpha value is -1.83. The average Bonchev–Trinajstić information content (AvgIpc) is 2.73. The predicted molar refractivity (Wildman–Crippen MR) is 91.6 cm³/mol. The van der Waals surface area contributed by atoms with E-state index in [4.69, 9.17) is 4.98 Å². The molecule has 1 aromatic heterocycles. The van der Waals surface area contributed by atoms with E-state index >= 15 is 0 Å². The molecule has 0 atom stereocenters. The Kier molecular flexibility index (Phi) is 5.00. The summed E-state index contributed by atoms with van der Waals surface area (Å²) < 4.78 is 2.30. The van der Waals surface area contributed by atoms with Crippen molar-refractivity contribution >= 4 is 11.0 Å². The molecule has 1 heterocycles. The highest BCUT2D eigenvalue weighted by Gasteiger charge is 2.07. The van der Waals surface area contributed by atoms with Crippen LogP contribution in [-0.2, 0) is 6.54 Å². The first kappa shape index (κ1) is 15.6. The van der Waals surface area contributed by atoms with Crippen LogP contribution in [0.25, 0.3) is 11.0 Å². The van der Waals surface area contributed by atoms with E-state index < -0.39 is 0 Å². The molecular weight excluding hydrogens is 256 g/mol. The van der Waals surface area contributed by atoms with Crippen molar-refractivity contribution in [3.8, 4) is 0 Å². The Labute approximate surface area is 128 Å². The zero-order valence-corrected chi connectivity index (χ0v) is 13.9. The van der Waals surface area contributed by atoms with Crippen LogP contribution in [0.3, 0.4) is 0 Å². The van der Waals surface area contributed by atoms with Crippen molar-refractivity contribution in [2.24, 2.45) is 0 Å². The van der Waals surface area contributed by atoms with Crippen molar-refractivity contribution in [2.75, 3.05) is 0 Å². The van der Waals surface area contributed by atoms with E-state index in [9.17, 15) is 0 Å². The lowest BCUT2D eigenvalue weighted by Gasteiger charge is -2.05. The van der Waals surface area contributed by atoms with Crippen LogP contribution in [-0.4, -0.2) is 9.55 Å². The Morgan fingerprint density at radius 1 is 1.14 bits per heavy atom. The largest absolute Gasteiger partial charge is 0.324 e. The fraction of sp³-hybridized carbons (Fsp3) is 0.421. The molecule has 0 aliphatic rings. The summed E-state index contributed by atoms with van der Waals surface area (Å²) in [5, 5.41) is 0. The van der Waals surface area contributed by atoms with Gasteiger partial charge >= 0.3 is 0 Å². The number of hydrogen-bond acceptors (Lipinski definition) is 1. The molecule has 21 heavy (non-hydrogen) atoms. The van der Waals surface area contributed by atoms with Gasteiger partial charge < -0.3 is 4.57 Å². The molecule has 0 amide bonds. The van der Waals surface area contributed by atoms with Crippen molar-refractivity contribution < 1.29 is 0 Å². The van der Waals surface area contributed by atoms with Gasteiger partial charge in [-0.15, -0.1) is 0 Å². The molecule has 0 fully saturated rings. The van der Waals surface area contributed by atoms with Crippen LogP contribution >= 0.6 is 0 Å². The molecule has 0 aliphatic heterocycles. The van der Waals surface area contributed by atoms with Gasteiger partial charge in [-0.2, -0.15) is 0 Å². The smallest absolute Gasteiger partial charge is 0.107 e. The van der Waals surface area contributed by atoms with Gasteiger partial charge in [-0.1, -0.05) is 35.4 Å². The van der Waals surface area contributed by atoms with Crippen molar-refractivity contribution in [2.45, 2.75) is 54.0 Å². The lowest BCUT2D eigenvalue weighted by atomic mass is 10.1. The average molecular weight is 282 g/mol. The third-order valence-electron chi connectivity index (χ3n) is 3.89. The molecule has 0 saturated heterocycles. The second-order valence-corrected chi connectivity index (χ2v) is 6.08. The summed E-state index contributed by atoms with van der Waals surface area (Å²) in [4.78, 5) is 4.70. The number of allylic oxidation sites excluding steroid dienone is 4. The van der Waals surface area contributed by atoms with E-state index in [0.717, 1.165) is 30.7 Å². The summed E-state index contributed by atoms with van der Waals surface area (Å²) in [5.74, 6) is 1.09. The van der Waals surface area contributed by atoms with Gasteiger partial charge in [-0.25, -0.2) is 4.98 Å². The molecule has 112 valence electrons. The molecule has 2 nitrogen and oxygen atoms in total. The number of imidazole rings is 1. The van der Waals surface area contributed by atoms with Crippen molar-refractivity contribution in [3.05, 3.63) is 52.9 Å². The molecule has 0 N–H and O–H groups in total. The van der Waals surface area contributed by atoms with Crippen LogP contribution in [0.15, 0.2) is 41.5 Å². The van der Waals surface area contributed by atoms with Gasteiger partial charge in [-0.05, 0) is 59.1 Å². The third-order valence-corrected chi connectivity index (χ3v) is 3.89. The van der Waals surface area contributed by atoms with Crippen molar-refractivity contribution in [1.82, 2.24) is 9.55 Å². The lowest BCUT2D eigenvalue weighted by Crippen LogP contribution is -1.98. The summed E-state index contributed by atoms with van der Waals surface area (Å²) in [5.41, 5.74) is 6.46. The van der Waals surface area contributed by atoms with Gasteiger partial charge in [-0.3, -0.25) is 0 Å². The first-order valence-corrected chi connectivity index (χ1v) is 7.70. The third kappa shape index (κ3) is 3.84. The summed E-state index contributed by atoms with van der Waals surface area (Å²) in [6, 6.07) is 6.40. The van der Waals surface area contributed by atoms with E-state index in [-0.39, 0.29) is 0 Å². The number of aromatic nitrogens is 2. The number of fused-ring (bicyclic) bond motifs is 1. The van der Waals surface area contributed by atoms with Crippen LogP contribution in [0.5, 0.6) is 0 Å². The topological polar surface area (TPSA) is 17.8 Å². The second-order valence-electron chi connectivity index (χ2n) is 6.08. The maximum atomic E-state index is 4.70. The second kappa shape index (κ2) is 6.75. The van der Waals surface area contributed by atoms with Gasteiger partial charge in [0.25, 0.3) is 0 Å². The first-order valence-electron chi connectivity index (χ1n) is 7.70. The van der Waals surface area contributed by atoms with Crippen LogP contribution in [0.4, 0.5) is 0 Å². The fourth-order valence-electron chi connectivity index (χ4n) is 2.57. The maximum Gasteiger partial charge on any atom is 0.107 e. The van der Waals surface area contributed by atoms with E-state index in [1.807, 2.05) is 0 Å². The van der Waals surface area contributed by atoms with Gasteiger partial charge in [0.2, 0.25) is 0 Å². The number of rotatable bonds is 5. The monoisotopic (exact) mass is 282 g/mol. The van der Waals surface area contributed by atoms with E-state index in [1.165, 1.54) is 22.2 Å². The van der Waals surface area contributed by atoms with Crippen molar-refractivity contribution in [1.29, 1.82) is 0 Å². The summed E-state index contributed by atoms with van der Waals surface area (Å²) in [6.45, 7) is 11.7. The summed E-state index contributed by atoms with van der Waals surface area (Å²) >= 11 is 0. The SMILES string of the molecule is CC(C)=CCCC(C)=CCn1c(C)nc2c(C)cccc21. The highest BCUT2D eigenvalue weighted by molar-refractivity contribution is 5.79. The van der Waals surface area contributed by atoms with Gasteiger partial charge in [0.05, 0.1) is 11.0 Å². The molecule has 2 aromatic rings. The molecule has 0 saturated carbocycles. The van der Waals surface area contributed by atoms with E-state index in [2.05, 4.69) is 69.5 Å². The molecule has 0 aliphatic carbocycles. The number of nitrogens with zero attached hydrogens (tertiary/aromatic N) is 2. The highest BCUT2D eigenvalue weighted by atomic mass is 15.1. The molecule has 0 spiro atoms. The van der Waals surface area contributed by atoms with E-state index in [1.54, 1.807) is 0 Å². The number of para-hydroxylation sites is 1. The quantitative estimate of drug-likeness (QED) is 0.676. The summed E-state index contributed by atoms with van der Waals surface area (Å²) in [7, 11) is 0. The molecule has 0 radical (unpaired) electrons. The van der Waals surface area contributed by atoms with Crippen LogP contribution in [0.2, 0.25) is 0 Å².